The highest BCUT2D eigenvalue weighted by atomic mass is 32.1. The molecule has 5 N–H and O–H groups in total. The molecule has 5 aromatic rings. The number of carboxylic acid groups (broad SMARTS) is 1. The number of carbonyl (C=O) groups excluding carboxylic acids is 2. The quantitative estimate of drug-likeness (QED) is 0.0436. The second-order valence-electron chi connectivity index (χ2n) is 14.8. The molecule has 5 rings (SSSR count). The van der Waals surface area contributed by atoms with Crippen molar-refractivity contribution in [2.24, 2.45) is 0 Å². The summed E-state index contributed by atoms with van der Waals surface area (Å²) in [6, 6.07) is 20.2. The molecule has 0 radical (unpaired) electrons. The summed E-state index contributed by atoms with van der Waals surface area (Å²) in [5, 5.41) is 34.9. The number of aromatic hydroxyl groups is 2. The predicted molar refractivity (Wildman–Crippen MR) is 218 cm³/mol. The van der Waals surface area contributed by atoms with Crippen LogP contribution in [0, 0.1) is 0 Å². The summed E-state index contributed by atoms with van der Waals surface area (Å²) in [5.41, 5.74) is 3.52. The fraction of sp³-hybridized carbons (Fsp3) is 0.341. The lowest BCUT2D eigenvalue weighted by Gasteiger charge is -2.22. The first kappa shape index (κ1) is 41.4. The number of benzene rings is 3. The first-order chi connectivity index (χ1) is 26.8. The standard InChI is InChI=1S/C44H50N4O7S/c1-5-6-7-8-9-22-55-33-17-15-30(16-18-33)32-26-45-40(46-27-32)31-13-10-28(11-14-31)23-34(47-42(52)38-20-21-39(56-38)44(2,3)4)41(51)48-35(43(53)54)24-29-12-19-36(49)37(50)25-29/h10-21,25-27,34-35,49-50H,5-9,22-24H2,1-4H3,(H,47,52)(H,48,51)(H,53,54)/t34-,35-/m0/s1. The third-order valence-corrected chi connectivity index (χ3v) is 10.8. The van der Waals surface area contributed by atoms with Crippen LogP contribution in [0.4, 0.5) is 0 Å². The van der Waals surface area contributed by atoms with E-state index in [2.05, 4.69) is 27.5 Å². The van der Waals surface area contributed by atoms with Gasteiger partial charge in [-0.05, 0) is 64.9 Å². The third-order valence-electron chi connectivity index (χ3n) is 9.29. The number of carbonyl (C=O) groups is 3. The molecule has 0 aliphatic rings. The van der Waals surface area contributed by atoms with Gasteiger partial charge in [0, 0.05) is 41.2 Å². The Morgan fingerprint density at radius 1 is 0.732 bits per heavy atom. The van der Waals surface area contributed by atoms with Crippen LogP contribution in [0.5, 0.6) is 17.2 Å². The first-order valence-electron chi connectivity index (χ1n) is 18.9. The van der Waals surface area contributed by atoms with Gasteiger partial charge in [0.15, 0.2) is 17.3 Å². The van der Waals surface area contributed by atoms with Gasteiger partial charge >= 0.3 is 5.97 Å². The number of amides is 2. The number of hydrogen-bond donors (Lipinski definition) is 5. The van der Waals surface area contributed by atoms with Gasteiger partial charge in [0.25, 0.3) is 5.91 Å². The Kier molecular flexibility index (Phi) is 14.2. The molecule has 0 fully saturated rings. The van der Waals surface area contributed by atoms with Crippen LogP contribution in [-0.4, -0.2) is 61.8 Å². The smallest absolute Gasteiger partial charge is 0.326 e. The highest BCUT2D eigenvalue weighted by Gasteiger charge is 2.29. The number of nitrogens with zero attached hydrogens (tertiary/aromatic N) is 2. The Morgan fingerprint density at radius 2 is 1.38 bits per heavy atom. The normalized spacial score (nSPS) is 12.4. The molecule has 56 heavy (non-hydrogen) atoms. The number of carboxylic acids is 1. The van der Waals surface area contributed by atoms with Crippen LogP contribution in [-0.2, 0) is 27.8 Å². The van der Waals surface area contributed by atoms with Gasteiger partial charge in [-0.25, -0.2) is 14.8 Å². The van der Waals surface area contributed by atoms with E-state index in [4.69, 9.17) is 4.74 Å². The molecule has 0 aliphatic heterocycles. The third kappa shape index (κ3) is 11.6. The molecule has 11 nitrogen and oxygen atoms in total. The molecule has 2 aromatic heterocycles. The number of phenolic OH excluding ortho intramolecular Hbond substituents is 2. The highest BCUT2D eigenvalue weighted by molar-refractivity contribution is 7.14. The van der Waals surface area contributed by atoms with E-state index in [0.717, 1.165) is 33.7 Å². The van der Waals surface area contributed by atoms with Gasteiger partial charge in [0.2, 0.25) is 5.91 Å². The van der Waals surface area contributed by atoms with E-state index in [1.165, 1.54) is 55.2 Å². The molecular formula is C44H50N4O7S. The molecule has 0 unspecified atom stereocenters. The molecule has 2 heterocycles. The van der Waals surface area contributed by atoms with Crippen molar-refractivity contribution >= 4 is 29.1 Å². The molecule has 2 amide bonds. The van der Waals surface area contributed by atoms with Crippen molar-refractivity contribution < 1.29 is 34.4 Å². The second kappa shape index (κ2) is 19.2. The predicted octanol–water partition coefficient (Wildman–Crippen LogP) is 8.08. The lowest BCUT2D eigenvalue weighted by Crippen LogP contribution is -2.53. The summed E-state index contributed by atoms with van der Waals surface area (Å²) in [6.45, 7) is 9.05. The number of nitrogens with one attached hydrogen (secondary N) is 2. The number of thiophene rings is 1. The molecule has 0 spiro atoms. The number of aliphatic carboxylic acids is 1. The largest absolute Gasteiger partial charge is 0.504 e. The van der Waals surface area contributed by atoms with Crippen LogP contribution in [0.25, 0.3) is 22.5 Å². The molecule has 0 bridgehead atoms. The zero-order valence-electron chi connectivity index (χ0n) is 32.2. The van der Waals surface area contributed by atoms with Gasteiger partial charge < -0.3 is 30.7 Å². The van der Waals surface area contributed by atoms with Crippen LogP contribution in [0.2, 0.25) is 0 Å². The van der Waals surface area contributed by atoms with E-state index < -0.39 is 35.6 Å². The zero-order chi connectivity index (χ0) is 40.2. The van der Waals surface area contributed by atoms with Gasteiger partial charge in [0.1, 0.15) is 17.8 Å². The summed E-state index contributed by atoms with van der Waals surface area (Å²) >= 11 is 1.33. The molecule has 294 valence electrons. The zero-order valence-corrected chi connectivity index (χ0v) is 33.1. The van der Waals surface area contributed by atoms with Crippen molar-refractivity contribution in [2.45, 2.75) is 90.1 Å². The van der Waals surface area contributed by atoms with Crippen LogP contribution in [0.3, 0.4) is 0 Å². The maximum atomic E-state index is 13.7. The summed E-state index contributed by atoms with van der Waals surface area (Å²) in [6.07, 6.45) is 9.38. The van der Waals surface area contributed by atoms with Crippen LogP contribution in [0.1, 0.15) is 85.5 Å². The van der Waals surface area contributed by atoms with E-state index in [1.54, 1.807) is 18.5 Å². The van der Waals surface area contributed by atoms with E-state index in [9.17, 15) is 29.7 Å². The Bertz CT molecular complexity index is 2070. The monoisotopic (exact) mass is 778 g/mol. The van der Waals surface area contributed by atoms with Crippen molar-refractivity contribution in [3.8, 4) is 39.8 Å². The van der Waals surface area contributed by atoms with E-state index >= 15 is 0 Å². The van der Waals surface area contributed by atoms with Crippen molar-refractivity contribution in [1.82, 2.24) is 20.6 Å². The number of phenols is 2. The average molecular weight is 779 g/mol. The molecule has 12 heteroatoms. The Hall–Kier alpha value is -5.75. The fourth-order valence-electron chi connectivity index (χ4n) is 6.00. The van der Waals surface area contributed by atoms with E-state index in [-0.39, 0.29) is 24.0 Å². The van der Waals surface area contributed by atoms with E-state index in [1.807, 2.05) is 75.4 Å². The lowest BCUT2D eigenvalue weighted by molar-refractivity contribution is -0.142. The maximum Gasteiger partial charge on any atom is 0.326 e. The first-order valence-corrected chi connectivity index (χ1v) is 19.7. The molecule has 2 atom stereocenters. The highest BCUT2D eigenvalue weighted by Crippen LogP contribution is 2.30. The van der Waals surface area contributed by atoms with Gasteiger partial charge in [-0.2, -0.15) is 0 Å². The average Bonchev–Trinajstić information content (AvgIpc) is 3.70. The number of ether oxygens (including phenoxy) is 1. The minimum Gasteiger partial charge on any atom is -0.504 e. The Morgan fingerprint density at radius 3 is 2.00 bits per heavy atom. The molecule has 0 saturated carbocycles. The van der Waals surface area contributed by atoms with Crippen LogP contribution in [0.15, 0.2) is 91.3 Å². The summed E-state index contributed by atoms with van der Waals surface area (Å²) in [4.78, 5) is 50.1. The van der Waals surface area contributed by atoms with Crippen molar-refractivity contribution in [1.29, 1.82) is 0 Å². The molecule has 0 aliphatic carbocycles. The molecular weight excluding hydrogens is 729 g/mol. The molecule has 0 saturated heterocycles. The summed E-state index contributed by atoms with van der Waals surface area (Å²) < 4.78 is 5.89. The number of hydrogen-bond acceptors (Lipinski definition) is 9. The molecule has 3 aromatic carbocycles. The van der Waals surface area contributed by atoms with Gasteiger partial charge in [0.05, 0.1) is 11.5 Å². The van der Waals surface area contributed by atoms with Gasteiger partial charge in [-0.15, -0.1) is 11.3 Å². The second-order valence-corrected chi connectivity index (χ2v) is 15.9. The Balaban J connectivity index is 1.27. The minimum absolute atomic E-state index is 0.0695. The van der Waals surface area contributed by atoms with Gasteiger partial charge in [-0.3, -0.25) is 9.59 Å². The maximum absolute atomic E-state index is 13.7. The topological polar surface area (TPSA) is 171 Å². The lowest BCUT2D eigenvalue weighted by atomic mass is 9.95. The van der Waals surface area contributed by atoms with Crippen LogP contribution >= 0.6 is 11.3 Å². The van der Waals surface area contributed by atoms with E-state index in [0.29, 0.717) is 28.4 Å². The Labute approximate surface area is 331 Å². The summed E-state index contributed by atoms with van der Waals surface area (Å²) in [7, 11) is 0. The number of aromatic nitrogens is 2. The summed E-state index contributed by atoms with van der Waals surface area (Å²) in [5.74, 6) is -1.84. The number of unbranched alkanes of at least 4 members (excludes halogenated alkanes) is 4. The van der Waals surface area contributed by atoms with Crippen molar-refractivity contribution in [3.63, 3.8) is 0 Å². The van der Waals surface area contributed by atoms with Crippen molar-refractivity contribution in [3.05, 3.63) is 112 Å². The SMILES string of the molecule is CCCCCCCOc1ccc(-c2cnc(-c3ccc(C[C@H](NC(=O)c4ccc(C(C)(C)C)s4)C(=O)N[C@@H](Cc4ccc(O)c(O)c4)C(=O)O)cc3)nc2)cc1. The van der Waals surface area contributed by atoms with Gasteiger partial charge in [-0.1, -0.05) is 95.8 Å². The van der Waals surface area contributed by atoms with Crippen molar-refractivity contribution in [2.75, 3.05) is 6.61 Å². The minimum atomic E-state index is -1.38. The fourth-order valence-corrected chi connectivity index (χ4v) is 6.96. The number of rotatable bonds is 18. The van der Waals surface area contributed by atoms with Crippen LogP contribution < -0.4 is 15.4 Å².